The van der Waals surface area contributed by atoms with E-state index in [4.69, 9.17) is 5.26 Å². The third-order valence-electron chi connectivity index (χ3n) is 3.10. The molecule has 0 aliphatic carbocycles. The number of benzene rings is 2. The average Bonchev–Trinajstić information content (AvgIpc) is 2.40. The Morgan fingerprint density at radius 2 is 1.67 bits per heavy atom. The summed E-state index contributed by atoms with van der Waals surface area (Å²) in [5.41, 5.74) is 3.64. The summed E-state index contributed by atoms with van der Waals surface area (Å²) in [5, 5.41) is 19.3. The van der Waals surface area contributed by atoms with Gasteiger partial charge >= 0.3 is 0 Å². The van der Waals surface area contributed by atoms with E-state index in [-0.39, 0.29) is 0 Å². The van der Waals surface area contributed by atoms with Crippen LogP contribution < -0.4 is 0 Å². The van der Waals surface area contributed by atoms with Crippen LogP contribution in [0.4, 0.5) is 0 Å². The van der Waals surface area contributed by atoms with Crippen molar-refractivity contribution >= 4 is 0 Å². The molecule has 0 fully saturated rings. The summed E-state index contributed by atoms with van der Waals surface area (Å²) in [5.74, 6) is 0. The quantitative estimate of drug-likeness (QED) is 0.891. The van der Waals surface area contributed by atoms with E-state index in [0.29, 0.717) is 6.42 Å². The molecule has 0 amide bonds. The lowest BCUT2D eigenvalue weighted by atomic mass is 9.93. The maximum absolute atomic E-state index is 10.5. The third-order valence-corrected chi connectivity index (χ3v) is 3.10. The number of aryl methyl sites for hydroxylation is 1. The molecule has 0 saturated carbocycles. The van der Waals surface area contributed by atoms with Crippen molar-refractivity contribution in [3.8, 4) is 6.07 Å². The van der Waals surface area contributed by atoms with Gasteiger partial charge in [-0.25, -0.2) is 0 Å². The largest absolute Gasteiger partial charge is 0.384 e. The highest BCUT2D eigenvalue weighted by molar-refractivity contribution is 5.39. The Labute approximate surface area is 107 Å². The normalized spacial score (nSPS) is 11.8. The SMILES string of the molecule is Cc1ccccc1C(O)c1ccccc1CC#N. The zero-order valence-corrected chi connectivity index (χ0v) is 10.3. The third kappa shape index (κ3) is 2.42. The molecule has 18 heavy (non-hydrogen) atoms. The van der Waals surface area contributed by atoms with Crippen LogP contribution in [0.15, 0.2) is 48.5 Å². The Kier molecular flexibility index (Phi) is 3.76. The minimum absolute atomic E-state index is 0.319. The number of nitriles is 1. The fraction of sp³-hybridized carbons (Fsp3) is 0.188. The van der Waals surface area contributed by atoms with Crippen LogP contribution in [0.3, 0.4) is 0 Å². The van der Waals surface area contributed by atoms with E-state index in [2.05, 4.69) is 6.07 Å². The van der Waals surface area contributed by atoms with Gasteiger partial charge in [0.05, 0.1) is 12.5 Å². The Bertz CT molecular complexity index is 584. The maximum Gasteiger partial charge on any atom is 0.105 e. The minimum Gasteiger partial charge on any atom is -0.384 e. The molecule has 0 aromatic heterocycles. The molecular formula is C16H15NO. The number of aliphatic hydroxyl groups is 1. The van der Waals surface area contributed by atoms with Gasteiger partial charge in [-0.05, 0) is 29.2 Å². The van der Waals surface area contributed by atoms with Crippen LogP contribution in [-0.4, -0.2) is 5.11 Å². The van der Waals surface area contributed by atoms with Gasteiger partial charge < -0.3 is 5.11 Å². The predicted octanol–water partition coefficient (Wildman–Crippen LogP) is 3.14. The minimum atomic E-state index is -0.671. The second-order valence-electron chi connectivity index (χ2n) is 4.29. The van der Waals surface area contributed by atoms with E-state index in [1.165, 1.54) is 0 Å². The molecule has 1 atom stereocenters. The fourth-order valence-electron chi connectivity index (χ4n) is 2.11. The summed E-state index contributed by atoms with van der Waals surface area (Å²) >= 11 is 0. The van der Waals surface area contributed by atoms with Gasteiger partial charge in [0.25, 0.3) is 0 Å². The number of aliphatic hydroxyl groups excluding tert-OH is 1. The first kappa shape index (κ1) is 12.3. The first-order valence-electron chi connectivity index (χ1n) is 5.92. The zero-order chi connectivity index (χ0) is 13.0. The molecule has 2 aromatic carbocycles. The van der Waals surface area contributed by atoms with Crippen LogP contribution in [0.5, 0.6) is 0 Å². The summed E-state index contributed by atoms with van der Waals surface area (Å²) in [6.07, 6.45) is -0.352. The standard InChI is InChI=1S/C16H15NO/c1-12-6-2-4-8-14(12)16(18)15-9-5-3-7-13(15)10-11-17/h2-9,16,18H,10H2,1H3. The van der Waals surface area contributed by atoms with Gasteiger partial charge in [-0.1, -0.05) is 48.5 Å². The van der Waals surface area contributed by atoms with Crippen LogP contribution >= 0.6 is 0 Å². The lowest BCUT2D eigenvalue weighted by Crippen LogP contribution is -2.05. The lowest BCUT2D eigenvalue weighted by molar-refractivity contribution is 0.218. The Hall–Kier alpha value is -2.11. The van der Waals surface area contributed by atoms with Crippen LogP contribution in [-0.2, 0) is 6.42 Å². The van der Waals surface area contributed by atoms with Crippen molar-refractivity contribution in [2.24, 2.45) is 0 Å². The molecular weight excluding hydrogens is 222 g/mol. The molecule has 0 heterocycles. The van der Waals surface area contributed by atoms with Gasteiger partial charge in [0.2, 0.25) is 0 Å². The van der Waals surface area contributed by atoms with Crippen molar-refractivity contribution in [3.05, 3.63) is 70.8 Å². The van der Waals surface area contributed by atoms with Gasteiger partial charge in [-0.3, -0.25) is 0 Å². The van der Waals surface area contributed by atoms with Crippen LogP contribution in [0.2, 0.25) is 0 Å². The topological polar surface area (TPSA) is 44.0 Å². The zero-order valence-electron chi connectivity index (χ0n) is 10.3. The molecule has 2 nitrogen and oxygen atoms in total. The molecule has 2 aromatic rings. The molecule has 0 aliphatic heterocycles. The van der Waals surface area contributed by atoms with E-state index in [1.807, 2.05) is 55.5 Å². The van der Waals surface area contributed by atoms with Crippen LogP contribution in [0, 0.1) is 18.3 Å². The summed E-state index contributed by atoms with van der Waals surface area (Å²) in [6.45, 7) is 1.98. The molecule has 2 heteroatoms. The first-order chi connectivity index (χ1) is 8.74. The first-order valence-corrected chi connectivity index (χ1v) is 5.92. The number of rotatable bonds is 3. The molecule has 1 N–H and O–H groups in total. The van der Waals surface area contributed by atoms with Gasteiger partial charge in [0.1, 0.15) is 6.10 Å². The van der Waals surface area contributed by atoms with Gasteiger partial charge in [0, 0.05) is 0 Å². The smallest absolute Gasteiger partial charge is 0.105 e. The number of hydrogen-bond donors (Lipinski definition) is 1. The second kappa shape index (κ2) is 5.48. The van der Waals surface area contributed by atoms with Crippen molar-refractivity contribution in [2.75, 3.05) is 0 Å². The Balaban J connectivity index is 2.44. The van der Waals surface area contributed by atoms with Crippen molar-refractivity contribution in [1.82, 2.24) is 0 Å². The van der Waals surface area contributed by atoms with Crippen molar-refractivity contribution in [3.63, 3.8) is 0 Å². The molecule has 0 bridgehead atoms. The van der Waals surface area contributed by atoms with E-state index in [1.54, 1.807) is 0 Å². The molecule has 90 valence electrons. The van der Waals surface area contributed by atoms with E-state index >= 15 is 0 Å². The maximum atomic E-state index is 10.5. The van der Waals surface area contributed by atoms with Crippen LogP contribution in [0.25, 0.3) is 0 Å². The highest BCUT2D eigenvalue weighted by Gasteiger charge is 2.15. The summed E-state index contributed by atoms with van der Waals surface area (Å²) < 4.78 is 0. The van der Waals surface area contributed by atoms with Gasteiger partial charge in [-0.2, -0.15) is 5.26 Å². The van der Waals surface area contributed by atoms with Crippen molar-refractivity contribution in [1.29, 1.82) is 5.26 Å². The van der Waals surface area contributed by atoms with Crippen molar-refractivity contribution < 1.29 is 5.11 Å². The predicted molar refractivity (Wildman–Crippen MR) is 71.0 cm³/mol. The molecule has 0 spiro atoms. The highest BCUT2D eigenvalue weighted by Crippen LogP contribution is 2.27. The molecule has 0 radical (unpaired) electrons. The van der Waals surface area contributed by atoms with Gasteiger partial charge in [0.15, 0.2) is 0 Å². The molecule has 0 aliphatic rings. The summed E-state index contributed by atoms with van der Waals surface area (Å²) in [7, 11) is 0. The fourth-order valence-corrected chi connectivity index (χ4v) is 2.11. The second-order valence-corrected chi connectivity index (χ2v) is 4.29. The lowest BCUT2D eigenvalue weighted by Gasteiger charge is -2.16. The van der Waals surface area contributed by atoms with E-state index in [0.717, 1.165) is 22.3 Å². The Morgan fingerprint density at radius 1 is 1.06 bits per heavy atom. The average molecular weight is 237 g/mol. The highest BCUT2D eigenvalue weighted by atomic mass is 16.3. The molecule has 2 rings (SSSR count). The monoisotopic (exact) mass is 237 g/mol. The summed E-state index contributed by atoms with van der Waals surface area (Å²) in [6, 6.07) is 17.4. The number of nitrogens with zero attached hydrogens (tertiary/aromatic N) is 1. The van der Waals surface area contributed by atoms with E-state index in [9.17, 15) is 5.11 Å². The molecule has 1 unspecified atom stereocenters. The van der Waals surface area contributed by atoms with E-state index < -0.39 is 6.10 Å². The van der Waals surface area contributed by atoms with Gasteiger partial charge in [-0.15, -0.1) is 0 Å². The van der Waals surface area contributed by atoms with Crippen molar-refractivity contribution in [2.45, 2.75) is 19.4 Å². The number of hydrogen-bond acceptors (Lipinski definition) is 2. The molecule has 0 saturated heterocycles. The summed E-state index contributed by atoms with van der Waals surface area (Å²) in [4.78, 5) is 0. The Morgan fingerprint density at radius 3 is 2.33 bits per heavy atom. The van der Waals surface area contributed by atoms with Crippen LogP contribution in [0.1, 0.15) is 28.4 Å².